The number of aromatic amines is 1. The molecule has 1 aliphatic carbocycles. The fourth-order valence-corrected chi connectivity index (χ4v) is 3.54. The second-order valence-corrected chi connectivity index (χ2v) is 6.25. The van der Waals surface area contributed by atoms with Crippen molar-refractivity contribution in [2.24, 2.45) is 0 Å². The molecule has 0 spiro atoms. The summed E-state index contributed by atoms with van der Waals surface area (Å²) in [7, 11) is 0. The zero-order chi connectivity index (χ0) is 16.4. The van der Waals surface area contributed by atoms with Gasteiger partial charge in [-0.3, -0.25) is 4.98 Å². The summed E-state index contributed by atoms with van der Waals surface area (Å²) >= 11 is 0. The Balaban J connectivity index is 1.82. The number of pyridine rings is 1. The minimum Gasteiger partial charge on any atom is -0.362 e. The SMILES string of the molecule is [C-]#[N+]c1cc(-c2cc(C3CCCC3)c(-c3ccccc3)cn2)n[nH]1. The van der Waals surface area contributed by atoms with Crippen molar-refractivity contribution >= 4 is 5.82 Å². The van der Waals surface area contributed by atoms with Crippen molar-refractivity contribution in [3.8, 4) is 22.5 Å². The van der Waals surface area contributed by atoms with Crippen LogP contribution in [0.25, 0.3) is 27.4 Å². The molecule has 2 aromatic heterocycles. The number of rotatable bonds is 3. The Bertz CT molecular complexity index is 884. The highest BCUT2D eigenvalue weighted by Crippen LogP contribution is 2.40. The molecule has 4 rings (SSSR count). The minimum atomic E-state index is 0.446. The molecule has 3 aromatic rings. The molecule has 118 valence electrons. The van der Waals surface area contributed by atoms with Crippen LogP contribution in [0.2, 0.25) is 0 Å². The van der Waals surface area contributed by atoms with Crippen molar-refractivity contribution < 1.29 is 0 Å². The summed E-state index contributed by atoms with van der Waals surface area (Å²) in [5.74, 6) is 1.03. The van der Waals surface area contributed by atoms with Gasteiger partial charge in [-0.2, -0.15) is 0 Å². The molecule has 1 saturated carbocycles. The highest BCUT2D eigenvalue weighted by molar-refractivity contribution is 5.71. The first-order valence-corrected chi connectivity index (χ1v) is 8.34. The Morgan fingerprint density at radius 2 is 1.83 bits per heavy atom. The molecule has 4 heteroatoms. The first-order chi connectivity index (χ1) is 11.8. The van der Waals surface area contributed by atoms with Gasteiger partial charge in [-0.25, -0.2) is 5.10 Å². The maximum Gasteiger partial charge on any atom is 0.250 e. The number of hydrogen-bond donors (Lipinski definition) is 1. The second-order valence-electron chi connectivity index (χ2n) is 6.25. The number of H-pyrrole nitrogens is 1. The van der Waals surface area contributed by atoms with Gasteiger partial charge in [0, 0.05) is 11.8 Å². The summed E-state index contributed by atoms with van der Waals surface area (Å²) in [5.41, 5.74) is 5.35. The summed E-state index contributed by atoms with van der Waals surface area (Å²) in [6, 6.07) is 14.4. The number of hydrogen-bond acceptors (Lipinski definition) is 2. The first-order valence-electron chi connectivity index (χ1n) is 8.34. The monoisotopic (exact) mass is 314 g/mol. The topological polar surface area (TPSA) is 45.9 Å². The van der Waals surface area contributed by atoms with Crippen LogP contribution in [0.4, 0.5) is 5.82 Å². The Hall–Kier alpha value is -2.93. The van der Waals surface area contributed by atoms with E-state index < -0.39 is 0 Å². The highest BCUT2D eigenvalue weighted by atomic mass is 15.2. The lowest BCUT2D eigenvalue weighted by Crippen LogP contribution is -1.99. The van der Waals surface area contributed by atoms with Gasteiger partial charge in [0.25, 0.3) is 5.82 Å². The molecule has 0 radical (unpaired) electrons. The third-order valence-corrected chi connectivity index (χ3v) is 4.76. The summed E-state index contributed by atoms with van der Waals surface area (Å²) in [6.45, 7) is 7.08. The van der Waals surface area contributed by atoms with Crippen LogP contribution in [0, 0.1) is 6.57 Å². The van der Waals surface area contributed by atoms with Gasteiger partial charge < -0.3 is 4.85 Å². The van der Waals surface area contributed by atoms with Gasteiger partial charge in [0.1, 0.15) is 5.69 Å². The summed E-state index contributed by atoms with van der Waals surface area (Å²) in [6.07, 6.45) is 7.01. The van der Waals surface area contributed by atoms with Gasteiger partial charge in [-0.05, 0) is 42.0 Å². The normalized spacial score (nSPS) is 14.6. The predicted molar refractivity (Wildman–Crippen MR) is 94.7 cm³/mol. The molecule has 2 heterocycles. The van der Waals surface area contributed by atoms with Gasteiger partial charge in [0.15, 0.2) is 0 Å². The van der Waals surface area contributed by atoms with E-state index in [0.717, 1.165) is 11.4 Å². The Labute approximate surface area is 141 Å². The Morgan fingerprint density at radius 3 is 2.54 bits per heavy atom. The molecule has 1 aliphatic rings. The molecule has 0 aliphatic heterocycles. The minimum absolute atomic E-state index is 0.446. The largest absolute Gasteiger partial charge is 0.362 e. The quantitative estimate of drug-likeness (QED) is 0.663. The molecule has 1 fully saturated rings. The Morgan fingerprint density at radius 1 is 1.04 bits per heavy atom. The number of nitrogens with zero attached hydrogens (tertiary/aromatic N) is 3. The number of aromatic nitrogens is 3. The molecule has 0 amide bonds. The molecular formula is C20H18N4. The standard InChI is InChI=1S/C20H18N4/c1-21-20-12-19(23-24-20)18-11-16(14-9-5-6-10-14)17(13-22-18)15-7-3-2-4-8-15/h2-4,7-8,11-14H,5-6,9-10H2,(H,23,24). The van der Waals surface area contributed by atoms with Crippen molar-refractivity contribution in [1.82, 2.24) is 15.2 Å². The molecule has 24 heavy (non-hydrogen) atoms. The van der Waals surface area contributed by atoms with E-state index in [2.05, 4.69) is 50.4 Å². The van der Waals surface area contributed by atoms with Crippen molar-refractivity contribution in [3.63, 3.8) is 0 Å². The van der Waals surface area contributed by atoms with Crippen molar-refractivity contribution in [1.29, 1.82) is 0 Å². The summed E-state index contributed by atoms with van der Waals surface area (Å²) in [4.78, 5) is 8.01. The van der Waals surface area contributed by atoms with Gasteiger partial charge in [-0.1, -0.05) is 49.7 Å². The number of benzene rings is 1. The van der Waals surface area contributed by atoms with Crippen LogP contribution in [-0.4, -0.2) is 15.2 Å². The van der Waals surface area contributed by atoms with Crippen molar-refractivity contribution in [3.05, 3.63) is 65.6 Å². The second kappa shape index (κ2) is 6.29. The van der Waals surface area contributed by atoms with E-state index in [9.17, 15) is 0 Å². The van der Waals surface area contributed by atoms with Crippen molar-refractivity contribution in [2.75, 3.05) is 0 Å². The zero-order valence-corrected chi connectivity index (χ0v) is 13.4. The lowest BCUT2D eigenvalue weighted by molar-refractivity contribution is 0.724. The lowest BCUT2D eigenvalue weighted by Gasteiger charge is -2.16. The first kappa shape index (κ1) is 14.6. The van der Waals surface area contributed by atoms with Crippen LogP contribution >= 0.6 is 0 Å². The van der Waals surface area contributed by atoms with Crippen LogP contribution in [0.5, 0.6) is 0 Å². The van der Waals surface area contributed by atoms with Crippen LogP contribution in [-0.2, 0) is 0 Å². The fraction of sp³-hybridized carbons (Fsp3) is 0.250. The van der Waals surface area contributed by atoms with Crippen LogP contribution in [0.15, 0.2) is 48.7 Å². The predicted octanol–water partition coefficient (Wildman–Crippen LogP) is 5.35. The maximum atomic E-state index is 7.08. The fourth-order valence-electron chi connectivity index (χ4n) is 3.54. The van der Waals surface area contributed by atoms with Gasteiger partial charge >= 0.3 is 0 Å². The van der Waals surface area contributed by atoms with Crippen LogP contribution < -0.4 is 0 Å². The van der Waals surface area contributed by atoms with E-state index in [4.69, 9.17) is 6.57 Å². The molecule has 4 nitrogen and oxygen atoms in total. The molecule has 1 aromatic carbocycles. The van der Waals surface area contributed by atoms with Crippen LogP contribution in [0.1, 0.15) is 37.2 Å². The van der Waals surface area contributed by atoms with Gasteiger partial charge in [-0.15, -0.1) is 5.10 Å². The molecule has 0 saturated heterocycles. The zero-order valence-electron chi connectivity index (χ0n) is 13.4. The van der Waals surface area contributed by atoms with E-state index in [1.807, 2.05) is 12.3 Å². The average Bonchev–Trinajstić information content (AvgIpc) is 3.34. The number of nitrogens with one attached hydrogen (secondary N) is 1. The lowest BCUT2D eigenvalue weighted by atomic mass is 9.90. The van der Waals surface area contributed by atoms with E-state index in [1.165, 1.54) is 42.4 Å². The molecule has 0 bridgehead atoms. The maximum absolute atomic E-state index is 7.08. The Kier molecular flexibility index (Phi) is 3.84. The van der Waals surface area contributed by atoms with Crippen LogP contribution in [0.3, 0.4) is 0 Å². The van der Waals surface area contributed by atoms with E-state index >= 15 is 0 Å². The molecular weight excluding hydrogens is 296 g/mol. The van der Waals surface area contributed by atoms with E-state index in [0.29, 0.717) is 11.7 Å². The third kappa shape index (κ3) is 2.69. The average molecular weight is 314 g/mol. The molecule has 0 atom stereocenters. The third-order valence-electron chi connectivity index (χ3n) is 4.76. The smallest absolute Gasteiger partial charge is 0.250 e. The van der Waals surface area contributed by atoms with E-state index in [-0.39, 0.29) is 0 Å². The van der Waals surface area contributed by atoms with Gasteiger partial charge in [0.05, 0.1) is 5.69 Å². The highest BCUT2D eigenvalue weighted by Gasteiger charge is 2.22. The summed E-state index contributed by atoms with van der Waals surface area (Å²) < 4.78 is 0. The van der Waals surface area contributed by atoms with E-state index in [1.54, 1.807) is 6.07 Å². The molecule has 1 N–H and O–H groups in total. The molecule has 0 unspecified atom stereocenters. The van der Waals surface area contributed by atoms with Gasteiger partial charge in [0.2, 0.25) is 0 Å². The summed E-state index contributed by atoms with van der Waals surface area (Å²) in [5, 5.41) is 6.97. The van der Waals surface area contributed by atoms with Crippen molar-refractivity contribution in [2.45, 2.75) is 31.6 Å².